The van der Waals surface area contributed by atoms with Gasteiger partial charge in [-0.1, -0.05) is 48.0 Å². The normalized spacial score (nSPS) is 15.1. The highest BCUT2D eigenvalue weighted by Gasteiger charge is 2.28. The molecule has 9 heteroatoms. The molecule has 0 unspecified atom stereocenters. The smallest absolute Gasteiger partial charge is 0.319 e. The quantitative estimate of drug-likeness (QED) is 0.313. The molecule has 1 aromatic heterocycles. The summed E-state index contributed by atoms with van der Waals surface area (Å²) in [7, 11) is 0. The Bertz CT molecular complexity index is 1440. The number of carbonyl (C=O) groups excluding carboxylic acids is 1. The van der Waals surface area contributed by atoms with Crippen LogP contribution in [0.25, 0.3) is 0 Å². The van der Waals surface area contributed by atoms with Gasteiger partial charge in [-0.15, -0.1) is 0 Å². The number of aromatic hydroxyl groups is 1. The van der Waals surface area contributed by atoms with Gasteiger partial charge in [0.25, 0.3) is 5.56 Å². The Morgan fingerprint density at radius 2 is 1.87 bits per heavy atom. The number of aryl methyl sites for hydroxylation is 1. The second kappa shape index (κ2) is 10.5. The number of benzene rings is 2. The molecule has 8 nitrogen and oxygen atoms in total. The summed E-state index contributed by atoms with van der Waals surface area (Å²) in [5, 5.41) is 26.1. The molecule has 1 atom stereocenters. The molecular formula is C29H30ClN3O5. The molecule has 0 bridgehead atoms. The molecule has 2 aliphatic carbocycles. The van der Waals surface area contributed by atoms with Crippen LogP contribution >= 0.6 is 11.6 Å². The monoisotopic (exact) mass is 535 g/mol. The van der Waals surface area contributed by atoms with Crippen molar-refractivity contribution in [3.05, 3.63) is 91.4 Å². The van der Waals surface area contributed by atoms with Gasteiger partial charge in [0.1, 0.15) is 5.75 Å². The standard InChI is InChI=1S/C29H30ClN3O5/c1-16-4-2-6-22(30)21(16)15-33-24-7-3-5-20(24)27(36)26(28(33)37)32-29(38)31-23(14-25(34)35)19-12-10-18(11-13-19)17-8-9-17/h2,4,6,10-13,17,23,36H,3,5,7-9,14-15H2,1H3,(H,34,35)(H2,31,32,38)/t23-/m0/s1. The molecule has 1 fully saturated rings. The van der Waals surface area contributed by atoms with Crippen LogP contribution in [0, 0.1) is 6.92 Å². The third-order valence-corrected chi connectivity index (χ3v) is 7.83. The van der Waals surface area contributed by atoms with Crippen LogP contribution in [0.3, 0.4) is 0 Å². The molecule has 0 saturated heterocycles. The third kappa shape index (κ3) is 5.27. The van der Waals surface area contributed by atoms with Gasteiger partial charge in [-0.05, 0) is 73.3 Å². The van der Waals surface area contributed by atoms with Crippen molar-refractivity contribution in [3.8, 4) is 5.75 Å². The maximum absolute atomic E-state index is 13.6. The second-order valence-electron chi connectivity index (χ2n) is 10.1. The first-order valence-corrected chi connectivity index (χ1v) is 13.2. The van der Waals surface area contributed by atoms with Crippen molar-refractivity contribution in [2.45, 2.75) is 64.0 Å². The first-order chi connectivity index (χ1) is 18.2. The molecule has 4 N–H and O–H groups in total. The lowest BCUT2D eigenvalue weighted by molar-refractivity contribution is -0.137. The van der Waals surface area contributed by atoms with Gasteiger partial charge in [0.2, 0.25) is 0 Å². The molecule has 198 valence electrons. The Morgan fingerprint density at radius 1 is 1.13 bits per heavy atom. The van der Waals surface area contributed by atoms with Crippen molar-refractivity contribution in [2.24, 2.45) is 0 Å². The molecule has 2 amide bonds. The van der Waals surface area contributed by atoms with Gasteiger partial charge in [-0.2, -0.15) is 0 Å². The Hall–Kier alpha value is -3.78. The lowest BCUT2D eigenvalue weighted by Crippen LogP contribution is -2.37. The number of halogens is 1. The van der Waals surface area contributed by atoms with Gasteiger partial charge < -0.3 is 25.4 Å². The number of aromatic nitrogens is 1. The number of hydrogen-bond acceptors (Lipinski definition) is 4. The third-order valence-electron chi connectivity index (χ3n) is 7.48. The van der Waals surface area contributed by atoms with Gasteiger partial charge in [-0.3, -0.25) is 9.59 Å². The predicted molar refractivity (Wildman–Crippen MR) is 145 cm³/mol. The number of carbonyl (C=O) groups is 2. The van der Waals surface area contributed by atoms with Crippen molar-refractivity contribution >= 4 is 29.3 Å². The minimum Gasteiger partial charge on any atom is -0.505 e. The van der Waals surface area contributed by atoms with E-state index >= 15 is 0 Å². The number of amides is 2. The van der Waals surface area contributed by atoms with Gasteiger partial charge >= 0.3 is 12.0 Å². The van der Waals surface area contributed by atoms with Gasteiger partial charge in [0.15, 0.2) is 5.69 Å². The molecule has 2 aliphatic rings. The number of urea groups is 1. The summed E-state index contributed by atoms with van der Waals surface area (Å²) in [6, 6.07) is 11.5. The van der Waals surface area contributed by atoms with E-state index in [9.17, 15) is 24.6 Å². The summed E-state index contributed by atoms with van der Waals surface area (Å²) in [6.45, 7) is 2.12. The SMILES string of the molecule is Cc1cccc(Cl)c1Cn1c2c(c(O)c(NC(=O)N[C@@H](CC(=O)O)c3ccc(C4CC4)cc3)c1=O)CCC2. The Kier molecular flexibility index (Phi) is 7.17. The van der Waals surface area contributed by atoms with Crippen molar-refractivity contribution in [2.75, 3.05) is 5.32 Å². The number of carboxylic acids is 1. The summed E-state index contributed by atoms with van der Waals surface area (Å²) < 4.78 is 1.57. The van der Waals surface area contributed by atoms with Crippen LogP contribution in [0.1, 0.15) is 71.2 Å². The molecule has 1 heterocycles. The summed E-state index contributed by atoms with van der Waals surface area (Å²) in [4.78, 5) is 38.2. The highest BCUT2D eigenvalue weighted by atomic mass is 35.5. The van der Waals surface area contributed by atoms with Crippen LogP contribution < -0.4 is 16.2 Å². The van der Waals surface area contributed by atoms with E-state index in [-0.39, 0.29) is 24.4 Å². The minimum atomic E-state index is -1.07. The van der Waals surface area contributed by atoms with E-state index in [0.29, 0.717) is 34.9 Å². The zero-order chi connectivity index (χ0) is 27.0. The van der Waals surface area contributed by atoms with Crippen molar-refractivity contribution in [1.29, 1.82) is 0 Å². The zero-order valence-electron chi connectivity index (χ0n) is 21.1. The number of carboxylic acid groups (broad SMARTS) is 1. The van der Waals surface area contributed by atoms with Crippen LogP contribution in [0.5, 0.6) is 5.75 Å². The van der Waals surface area contributed by atoms with Crippen LogP contribution in [0.4, 0.5) is 10.5 Å². The highest BCUT2D eigenvalue weighted by molar-refractivity contribution is 6.31. The van der Waals surface area contributed by atoms with Crippen LogP contribution in [-0.4, -0.2) is 26.8 Å². The van der Waals surface area contributed by atoms with Gasteiger partial charge in [-0.25, -0.2) is 4.79 Å². The Morgan fingerprint density at radius 3 is 2.53 bits per heavy atom. The number of hydrogen-bond donors (Lipinski definition) is 4. The van der Waals surface area contributed by atoms with E-state index in [0.717, 1.165) is 36.1 Å². The molecule has 2 aromatic carbocycles. The Balaban J connectivity index is 1.43. The number of fused-ring (bicyclic) bond motifs is 1. The van der Waals surface area contributed by atoms with Gasteiger partial charge in [0.05, 0.1) is 19.0 Å². The minimum absolute atomic E-state index is 0.207. The van der Waals surface area contributed by atoms with Gasteiger partial charge in [0, 0.05) is 16.3 Å². The first-order valence-electron chi connectivity index (χ1n) is 12.8. The van der Waals surface area contributed by atoms with E-state index in [1.165, 1.54) is 5.56 Å². The number of aliphatic carboxylic acids is 1. The number of pyridine rings is 1. The summed E-state index contributed by atoms with van der Waals surface area (Å²) in [5.41, 5.74) is 4.16. The van der Waals surface area contributed by atoms with Crippen molar-refractivity contribution in [1.82, 2.24) is 9.88 Å². The number of nitrogens with zero attached hydrogens (tertiary/aromatic N) is 1. The van der Waals surface area contributed by atoms with Crippen LogP contribution in [0.15, 0.2) is 47.3 Å². The maximum atomic E-state index is 13.6. The molecular weight excluding hydrogens is 506 g/mol. The summed E-state index contributed by atoms with van der Waals surface area (Å²) in [5.74, 6) is -0.759. The van der Waals surface area contributed by atoms with Crippen LogP contribution in [-0.2, 0) is 24.2 Å². The van der Waals surface area contributed by atoms with Crippen molar-refractivity contribution in [3.63, 3.8) is 0 Å². The van der Waals surface area contributed by atoms with E-state index in [1.54, 1.807) is 10.6 Å². The summed E-state index contributed by atoms with van der Waals surface area (Å²) >= 11 is 6.43. The lowest BCUT2D eigenvalue weighted by atomic mass is 10.0. The molecule has 1 saturated carbocycles. The summed E-state index contributed by atoms with van der Waals surface area (Å²) in [6.07, 6.45) is 3.95. The highest BCUT2D eigenvalue weighted by Crippen LogP contribution is 2.40. The Labute approximate surface area is 225 Å². The van der Waals surface area contributed by atoms with E-state index < -0.39 is 23.6 Å². The van der Waals surface area contributed by atoms with Crippen LogP contribution in [0.2, 0.25) is 5.02 Å². The molecule has 3 aromatic rings. The fourth-order valence-electron chi connectivity index (χ4n) is 5.25. The van der Waals surface area contributed by atoms with E-state index in [2.05, 4.69) is 10.6 Å². The first kappa shape index (κ1) is 25.9. The van der Waals surface area contributed by atoms with E-state index in [1.807, 2.05) is 43.3 Å². The largest absolute Gasteiger partial charge is 0.505 e. The topological polar surface area (TPSA) is 121 Å². The number of anilines is 1. The average Bonchev–Trinajstić information content (AvgIpc) is 3.62. The number of rotatable bonds is 8. The predicted octanol–water partition coefficient (Wildman–Crippen LogP) is 5.27. The fraction of sp³-hybridized carbons (Fsp3) is 0.345. The second-order valence-corrected chi connectivity index (χ2v) is 10.5. The number of nitrogens with one attached hydrogen (secondary N) is 2. The lowest BCUT2D eigenvalue weighted by Gasteiger charge is -2.21. The molecule has 0 spiro atoms. The average molecular weight is 536 g/mol. The fourth-order valence-corrected chi connectivity index (χ4v) is 5.53. The van der Waals surface area contributed by atoms with E-state index in [4.69, 9.17) is 11.6 Å². The molecule has 5 rings (SSSR count). The molecule has 0 radical (unpaired) electrons. The zero-order valence-corrected chi connectivity index (χ0v) is 21.8. The maximum Gasteiger partial charge on any atom is 0.319 e. The molecule has 38 heavy (non-hydrogen) atoms. The molecule has 0 aliphatic heterocycles. The van der Waals surface area contributed by atoms with Crippen molar-refractivity contribution < 1.29 is 19.8 Å².